The molecule has 1 unspecified atom stereocenters. The van der Waals surface area contributed by atoms with E-state index in [4.69, 9.17) is 4.74 Å². The van der Waals surface area contributed by atoms with Gasteiger partial charge in [-0.2, -0.15) is 0 Å². The summed E-state index contributed by atoms with van der Waals surface area (Å²) >= 11 is 0. The maximum atomic E-state index is 12.0. The molecule has 0 bridgehead atoms. The highest BCUT2D eigenvalue weighted by molar-refractivity contribution is 5.74. The Balaban J connectivity index is 1.74. The number of carbonyl (C=O) groups excluding carboxylic acids is 1. The van der Waals surface area contributed by atoms with Crippen molar-refractivity contribution in [1.29, 1.82) is 0 Å². The van der Waals surface area contributed by atoms with E-state index in [9.17, 15) is 4.79 Å². The summed E-state index contributed by atoms with van der Waals surface area (Å²) in [5, 5.41) is 2.93. The Hall–Kier alpha value is -1.56. The first-order chi connectivity index (χ1) is 9.20. The van der Waals surface area contributed by atoms with Crippen molar-refractivity contribution in [2.45, 2.75) is 19.9 Å². The van der Waals surface area contributed by atoms with Gasteiger partial charge in [0.2, 0.25) is 0 Å². The highest BCUT2D eigenvalue weighted by Crippen LogP contribution is 2.16. The lowest BCUT2D eigenvalue weighted by Crippen LogP contribution is -2.38. The van der Waals surface area contributed by atoms with Gasteiger partial charge in [-0.1, -0.05) is 0 Å². The van der Waals surface area contributed by atoms with Gasteiger partial charge < -0.3 is 19.5 Å². The van der Waals surface area contributed by atoms with Gasteiger partial charge in [0.1, 0.15) is 0 Å². The van der Waals surface area contributed by atoms with Gasteiger partial charge >= 0.3 is 6.03 Å². The lowest BCUT2D eigenvalue weighted by Gasteiger charge is -2.17. The number of urea groups is 1. The Morgan fingerprint density at radius 2 is 2.47 bits per heavy atom. The molecule has 1 aromatic heterocycles. The lowest BCUT2D eigenvalue weighted by atomic mass is 10.1. The van der Waals surface area contributed by atoms with Gasteiger partial charge in [0, 0.05) is 38.9 Å². The van der Waals surface area contributed by atoms with E-state index < -0.39 is 0 Å². The smallest absolute Gasteiger partial charge is 0.317 e. The Morgan fingerprint density at radius 1 is 1.63 bits per heavy atom. The number of rotatable bonds is 5. The van der Waals surface area contributed by atoms with E-state index in [1.54, 1.807) is 12.5 Å². The molecule has 0 spiro atoms. The molecule has 6 nitrogen and oxygen atoms in total. The van der Waals surface area contributed by atoms with E-state index in [0.29, 0.717) is 12.5 Å². The molecule has 0 saturated carbocycles. The van der Waals surface area contributed by atoms with Gasteiger partial charge in [0.05, 0.1) is 25.2 Å². The molecule has 1 N–H and O–H groups in total. The topological polar surface area (TPSA) is 59.4 Å². The highest BCUT2D eigenvalue weighted by atomic mass is 16.5. The van der Waals surface area contributed by atoms with Crippen LogP contribution in [0.2, 0.25) is 0 Å². The fourth-order valence-corrected chi connectivity index (χ4v) is 2.27. The number of aryl methyl sites for hydroxylation is 1. The van der Waals surface area contributed by atoms with Gasteiger partial charge in [-0.05, 0) is 13.3 Å². The van der Waals surface area contributed by atoms with Crippen LogP contribution in [0.5, 0.6) is 0 Å². The van der Waals surface area contributed by atoms with Crippen LogP contribution in [-0.2, 0) is 18.3 Å². The Kier molecular flexibility index (Phi) is 4.79. The van der Waals surface area contributed by atoms with Gasteiger partial charge in [-0.15, -0.1) is 0 Å². The molecular formula is C13H22N4O2. The van der Waals surface area contributed by atoms with Crippen LogP contribution in [0.4, 0.5) is 4.79 Å². The Labute approximate surface area is 113 Å². The van der Waals surface area contributed by atoms with Crippen LogP contribution in [0.25, 0.3) is 0 Å². The zero-order valence-corrected chi connectivity index (χ0v) is 11.6. The third kappa shape index (κ3) is 3.70. The summed E-state index contributed by atoms with van der Waals surface area (Å²) in [5.41, 5.74) is 0.999. The third-order valence-electron chi connectivity index (χ3n) is 3.47. The van der Waals surface area contributed by atoms with Crippen LogP contribution in [0, 0.1) is 5.92 Å². The summed E-state index contributed by atoms with van der Waals surface area (Å²) in [4.78, 5) is 17.9. The van der Waals surface area contributed by atoms with Gasteiger partial charge in [-0.25, -0.2) is 9.78 Å². The molecular weight excluding hydrogens is 244 g/mol. The number of imidazole rings is 1. The van der Waals surface area contributed by atoms with Gasteiger partial charge in [-0.3, -0.25) is 0 Å². The SMILES string of the molecule is CCOCC1CCN(C(=O)NCc2cncn2C)C1. The fraction of sp³-hybridized carbons (Fsp3) is 0.692. The number of hydrogen-bond acceptors (Lipinski definition) is 3. The summed E-state index contributed by atoms with van der Waals surface area (Å²) in [5.74, 6) is 0.474. The van der Waals surface area contributed by atoms with Crippen molar-refractivity contribution in [3.63, 3.8) is 0 Å². The summed E-state index contributed by atoms with van der Waals surface area (Å²) in [6, 6.07) is 0.000184. The van der Waals surface area contributed by atoms with Crippen LogP contribution in [0.3, 0.4) is 0 Å². The number of hydrogen-bond donors (Lipinski definition) is 1. The van der Waals surface area contributed by atoms with E-state index in [-0.39, 0.29) is 6.03 Å². The monoisotopic (exact) mass is 266 g/mol. The number of aromatic nitrogens is 2. The minimum absolute atomic E-state index is 0.000184. The molecule has 1 fully saturated rings. The van der Waals surface area contributed by atoms with Crippen molar-refractivity contribution in [3.8, 4) is 0 Å². The minimum atomic E-state index is 0.000184. The molecule has 1 aromatic rings. The normalized spacial score (nSPS) is 18.8. The number of amides is 2. The third-order valence-corrected chi connectivity index (χ3v) is 3.47. The number of nitrogens with one attached hydrogen (secondary N) is 1. The summed E-state index contributed by atoms with van der Waals surface area (Å²) < 4.78 is 7.32. The Morgan fingerprint density at radius 3 is 3.16 bits per heavy atom. The molecule has 2 rings (SSSR count). The minimum Gasteiger partial charge on any atom is -0.381 e. The Bertz CT molecular complexity index is 419. The van der Waals surface area contributed by atoms with Gasteiger partial charge in [0.25, 0.3) is 0 Å². The van der Waals surface area contributed by atoms with Crippen molar-refractivity contribution in [2.75, 3.05) is 26.3 Å². The first kappa shape index (κ1) is 13.9. The average Bonchev–Trinajstić information content (AvgIpc) is 3.03. The first-order valence-corrected chi connectivity index (χ1v) is 6.76. The highest BCUT2D eigenvalue weighted by Gasteiger charge is 2.26. The van der Waals surface area contributed by atoms with Crippen LogP contribution in [-0.4, -0.2) is 46.8 Å². The molecule has 1 atom stereocenters. The molecule has 1 saturated heterocycles. The number of nitrogens with zero attached hydrogens (tertiary/aromatic N) is 3. The van der Waals surface area contributed by atoms with Gasteiger partial charge in [0.15, 0.2) is 0 Å². The van der Waals surface area contributed by atoms with Crippen molar-refractivity contribution >= 4 is 6.03 Å². The van der Waals surface area contributed by atoms with E-state index in [2.05, 4.69) is 10.3 Å². The first-order valence-electron chi connectivity index (χ1n) is 6.76. The van der Waals surface area contributed by atoms with Crippen molar-refractivity contribution < 1.29 is 9.53 Å². The van der Waals surface area contributed by atoms with Crippen molar-refractivity contribution in [2.24, 2.45) is 13.0 Å². The summed E-state index contributed by atoms with van der Waals surface area (Å²) in [6.45, 7) is 5.60. The fourth-order valence-electron chi connectivity index (χ4n) is 2.27. The molecule has 6 heteroatoms. The second kappa shape index (κ2) is 6.56. The maximum absolute atomic E-state index is 12.0. The second-order valence-corrected chi connectivity index (χ2v) is 4.91. The number of carbonyl (C=O) groups is 1. The molecule has 1 aliphatic heterocycles. The zero-order chi connectivity index (χ0) is 13.7. The van der Waals surface area contributed by atoms with Crippen LogP contribution >= 0.6 is 0 Å². The van der Waals surface area contributed by atoms with Crippen LogP contribution < -0.4 is 5.32 Å². The average molecular weight is 266 g/mol. The summed E-state index contributed by atoms with van der Waals surface area (Å²) in [7, 11) is 1.92. The van der Waals surface area contributed by atoms with E-state index in [0.717, 1.165) is 38.4 Å². The quantitative estimate of drug-likeness (QED) is 0.864. The number of likely N-dealkylation sites (tertiary alicyclic amines) is 1. The standard InChI is InChI=1S/C13H22N4O2/c1-3-19-9-11-4-5-17(8-11)13(18)15-7-12-6-14-10-16(12)2/h6,10-11H,3-5,7-9H2,1-2H3,(H,15,18). The largest absolute Gasteiger partial charge is 0.381 e. The van der Waals surface area contributed by atoms with E-state index in [1.165, 1.54) is 0 Å². The summed E-state index contributed by atoms with van der Waals surface area (Å²) in [6.07, 6.45) is 4.52. The molecule has 2 amide bonds. The predicted octanol–water partition coefficient (Wildman–Crippen LogP) is 0.988. The second-order valence-electron chi connectivity index (χ2n) is 4.91. The molecule has 1 aliphatic rings. The molecule has 19 heavy (non-hydrogen) atoms. The van der Waals surface area contributed by atoms with Crippen molar-refractivity contribution in [1.82, 2.24) is 19.8 Å². The molecule has 106 valence electrons. The number of ether oxygens (including phenoxy) is 1. The van der Waals surface area contributed by atoms with Crippen LogP contribution in [0.1, 0.15) is 19.0 Å². The molecule has 0 radical (unpaired) electrons. The van der Waals surface area contributed by atoms with Crippen molar-refractivity contribution in [3.05, 3.63) is 18.2 Å². The zero-order valence-electron chi connectivity index (χ0n) is 11.6. The van der Waals surface area contributed by atoms with E-state index in [1.807, 2.05) is 23.4 Å². The molecule has 2 heterocycles. The lowest BCUT2D eigenvalue weighted by molar-refractivity contribution is 0.113. The molecule has 0 aliphatic carbocycles. The van der Waals surface area contributed by atoms with Crippen LogP contribution in [0.15, 0.2) is 12.5 Å². The predicted molar refractivity (Wildman–Crippen MR) is 71.6 cm³/mol. The molecule has 0 aromatic carbocycles. The maximum Gasteiger partial charge on any atom is 0.317 e. The van der Waals surface area contributed by atoms with E-state index >= 15 is 0 Å².